The molecule has 0 aromatic rings. The Labute approximate surface area is 59.4 Å². The van der Waals surface area contributed by atoms with E-state index in [9.17, 15) is 0 Å². The van der Waals surface area contributed by atoms with Crippen molar-refractivity contribution >= 4 is 0 Å². The molecule has 0 bridgehead atoms. The molecule has 0 aliphatic rings. The van der Waals surface area contributed by atoms with Crippen LogP contribution in [0.2, 0.25) is 0 Å². The molecular weight excluding hydrogens is 242 g/mol. The SMILES string of the molecule is O.[CH3-].[CH3-].[Ru+].[Ru+]. The second-order valence-electron chi connectivity index (χ2n) is 0. The Morgan fingerprint density at radius 2 is 0.600 bits per heavy atom. The molecule has 0 amide bonds. The molecule has 38 valence electrons. The molecule has 0 atom stereocenters. The zero-order valence-corrected chi connectivity index (χ0v) is 6.68. The normalized spacial score (nSPS) is 0. The van der Waals surface area contributed by atoms with Gasteiger partial charge < -0.3 is 20.3 Å². The molecular formula is C2H8ORu2. The van der Waals surface area contributed by atoms with E-state index < -0.39 is 0 Å². The molecule has 0 heterocycles. The first-order valence-corrected chi connectivity index (χ1v) is 0. The molecule has 0 saturated heterocycles. The summed E-state index contributed by atoms with van der Waals surface area (Å²) in [5, 5.41) is 0. The fourth-order valence-corrected chi connectivity index (χ4v) is 0. The van der Waals surface area contributed by atoms with Gasteiger partial charge in [-0.2, -0.15) is 0 Å². The van der Waals surface area contributed by atoms with Crippen molar-refractivity contribution in [3.63, 3.8) is 0 Å². The zero-order valence-electron chi connectivity index (χ0n) is 3.21. The minimum absolute atomic E-state index is 0. The summed E-state index contributed by atoms with van der Waals surface area (Å²) in [6, 6.07) is 0. The van der Waals surface area contributed by atoms with Crippen LogP contribution in [-0.4, -0.2) is 5.48 Å². The maximum absolute atomic E-state index is 0. The van der Waals surface area contributed by atoms with Gasteiger partial charge in [-0.1, -0.05) is 0 Å². The van der Waals surface area contributed by atoms with E-state index in [0.717, 1.165) is 0 Å². The number of rotatable bonds is 0. The van der Waals surface area contributed by atoms with E-state index in [0.29, 0.717) is 0 Å². The average molecular weight is 250 g/mol. The van der Waals surface area contributed by atoms with E-state index in [-0.39, 0.29) is 59.3 Å². The van der Waals surface area contributed by atoms with E-state index in [4.69, 9.17) is 0 Å². The third kappa shape index (κ3) is 36.8. The Hall–Kier alpha value is 1.21. The summed E-state index contributed by atoms with van der Waals surface area (Å²) >= 11 is 0. The molecule has 3 heteroatoms. The summed E-state index contributed by atoms with van der Waals surface area (Å²) in [5.74, 6) is 0. The first-order valence-electron chi connectivity index (χ1n) is 0. The summed E-state index contributed by atoms with van der Waals surface area (Å²) in [5.41, 5.74) is 0. The molecule has 0 unspecified atom stereocenters. The second kappa shape index (κ2) is 63.3. The van der Waals surface area contributed by atoms with Gasteiger partial charge in [-0.25, -0.2) is 0 Å². The van der Waals surface area contributed by atoms with Crippen molar-refractivity contribution in [2.75, 3.05) is 0 Å². The molecule has 0 aliphatic heterocycles. The molecule has 1 nitrogen and oxygen atoms in total. The molecule has 2 N–H and O–H groups in total. The van der Waals surface area contributed by atoms with E-state index in [2.05, 4.69) is 0 Å². The standard InChI is InChI=1S/2CH3.H2O.2Ru/h2*1H3;1H2;;/q2*-1;;2*+1. The third-order valence-electron chi connectivity index (χ3n) is 0. The van der Waals surface area contributed by atoms with E-state index in [1.165, 1.54) is 0 Å². The Morgan fingerprint density at radius 1 is 0.600 bits per heavy atom. The molecule has 0 aliphatic carbocycles. The van der Waals surface area contributed by atoms with Gasteiger partial charge in [0.2, 0.25) is 0 Å². The van der Waals surface area contributed by atoms with Crippen LogP contribution in [0.5, 0.6) is 0 Å². The van der Waals surface area contributed by atoms with Gasteiger partial charge in [0.1, 0.15) is 0 Å². The van der Waals surface area contributed by atoms with E-state index in [1.807, 2.05) is 0 Å². The molecule has 0 saturated carbocycles. The van der Waals surface area contributed by atoms with Gasteiger partial charge in [-0.3, -0.25) is 0 Å². The van der Waals surface area contributed by atoms with Crippen molar-refractivity contribution in [2.24, 2.45) is 0 Å². The summed E-state index contributed by atoms with van der Waals surface area (Å²) in [7, 11) is 0. The van der Waals surface area contributed by atoms with Crippen LogP contribution in [0.4, 0.5) is 0 Å². The van der Waals surface area contributed by atoms with Crippen LogP contribution in [0, 0.1) is 14.9 Å². The van der Waals surface area contributed by atoms with Gasteiger partial charge >= 0.3 is 39.0 Å². The monoisotopic (exact) mass is 252 g/mol. The maximum atomic E-state index is 0. The second-order valence-corrected chi connectivity index (χ2v) is 0. The third-order valence-corrected chi connectivity index (χ3v) is 0. The zero-order chi connectivity index (χ0) is 0. The van der Waals surface area contributed by atoms with Gasteiger partial charge in [0.15, 0.2) is 0 Å². The summed E-state index contributed by atoms with van der Waals surface area (Å²) in [4.78, 5) is 0. The van der Waals surface area contributed by atoms with Crippen molar-refractivity contribution < 1.29 is 44.4 Å². The van der Waals surface area contributed by atoms with Crippen LogP contribution in [0.1, 0.15) is 0 Å². The van der Waals surface area contributed by atoms with Crippen molar-refractivity contribution in [3.8, 4) is 0 Å². The summed E-state index contributed by atoms with van der Waals surface area (Å²) < 4.78 is 0. The average Bonchev–Trinajstić information content (AvgIpc) is 0. The van der Waals surface area contributed by atoms with Gasteiger partial charge in [0.05, 0.1) is 0 Å². The van der Waals surface area contributed by atoms with Crippen LogP contribution >= 0.6 is 0 Å². The van der Waals surface area contributed by atoms with Crippen LogP contribution < -0.4 is 0 Å². The smallest absolute Gasteiger partial charge is 0.412 e. The maximum Gasteiger partial charge on any atom is 1.00 e. The Morgan fingerprint density at radius 3 is 0.600 bits per heavy atom. The molecule has 2 radical (unpaired) electrons. The Bertz CT molecular complexity index is 7.61. The molecule has 5 heavy (non-hydrogen) atoms. The van der Waals surface area contributed by atoms with E-state index >= 15 is 0 Å². The van der Waals surface area contributed by atoms with Crippen LogP contribution in [-0.2, 0) is 39.0 Å². The van der Waals surface area contributed by atoms with Crippen LogP contribution in [0.15, 0.2) is 0 Å². The quantitative estimate of drug-likeness (QED) is 0.430. The van der Waals surface area contributed by atoms with Gasteiger partial charge in [-0.15, -0.1) is 0 Å². The minimum atomic E-state index is 0. The number of hydrogen-bond acceptors (Lipinski definition) is 0. The van der Waals surface area contributed by atoms with Crippen molar-refractivity contribution in [2.45, 2.75) is 0 Å². The predicted molar refractivity (Wildman–Crippen MR) is 16.4 cm³/mol. The van der Waals surface area contributed by atoms with Crippen LogP contribution in [0.3, 0.4) is 0 Å². The Kier molecular flexibility index (Phi) is 1460. The fourth-order valence-electron chi connectivity index (χ4n) is 0. The molecule has 0 aromatic heterocycles. The molecule has 0 fully saturated rings. The topological polar surface area (TPSA) is 31.5 Å². The number of hydrogen-bond donors (Lipinski definition) is 0. The molecule has 0 aromatic carbocycles. The van der Waals surface area contributed by atoms with Crippen LogP contribution in [0.25, 0.3) is 0 Å². The largest absolute Gasteiger partial charge is 1.00 e. The van der Waals surface area contributed by atoms with Gasteiger partial charge in [0, 0.05) is 0 Å². The Balaban J connectivity index is 0. The molecule has 0 spiro atoms. The van der Waals surface area contributed by atoms with Crippen molar-refractivity contribution in [3.05, 3.63) is 14.9 Å². The van der Waals surface area contributed by atoms with Crippen molar-refractivity contribution in [1.82, 2.24) is 0 Å². The first kappa shape index (κ1) is 116. The van der Waals surface area contributed by atoms with Gasteiger partial charge in [-0.05, 0) is 0 Å². The van der Waals surface area contributed by atoms with Crippen molar-refractivity contribution in [1.29, 1.82) is 0 Å². The summed E-state index contributed by atoms with van der Waals surface area (Å²) in [6.45, 7) is 0. The van der Waals surface area contributed by atoms with E-state index in [1.54, 1.807) is 0 Å². The molecule has 0 rings (SSSR count). The first-order chi connectivity index (χ1) is 0. The minimum Gasteiger partial charge on any atom is -0.412 e. The van der Waals surface area contributed by atoms with Gasteiger partial charge in [0.25, 0.3) is 0 Å². The fraction of sp³-hybridized carbons (Fsp3) is 0. The summed E-state index contributed by atoms with van der Waals surface area (Å²) in [6.07, 6.45) is 0. The predicted octanol–water partition coefficient (Wildman–Crippen LogP) is 0.0709.